The molecule has 142 valence electrons. The summed E-state index contributed by atoms with van der Waals surface area (Å²) in [6.45, 7) is 0. The maximum atomic E-state index is 13.0. The quantitative estimate of drug-likeness (QED) is 0.765. The first-order chi connectivity index (χ1) is 13.2. The minimum Gasteiger partial charge on any atom is -0.352 e. The molecule has 2 N–H and O–H groups in total. The summed E-state index contributed by atoms with van der Waals surface area (Å²) < 4.78 is 0. The van der Waals surface area contributed by atoms with Crippen LogP contribution in [0, 0.1) is 0 Å². The highest BCUT2D eigenvalue weighted by atomic mass is 16.2. The molecule has 0 bridgehead atoms. The fourth-order valence-corrected chi connectivity index (χ4v) is 3.62. The third-order valence-electron chi connectivity index (χ3n) is 5.14. The zero-order valence-electron chi connectivity index (χ0n) is 15.7. The summed E-state index contributed by atoms with van der Waals surface area (Å²) in [4.78, 5) is 25.6. The fourth-order valence-electron chi connectivity index (χ4n) is 3.62. The highest BCUT2D eigenvalue weighted by molar-refractivity contribution is 5.97. The van der Waals surface area contributed by atoms with Crippen LogP contribution in [-0.2, 0) is 11.2 Å². The summed E-state index contributed by atoms with van der Waals surface area (Å²) >= 11 is 0. The van der Waals surface area contributed by atoms with Crippen LogP contribution >= 0.6 is 0 Å². The molecule has 0 saturated heterocycles. The lowest BCUT2D eigenvalue weighted by Gasteiger charge is -2.23. The lowest BCUT2D eigenvalue weighted by Crippen LogP contribution is -2.50. The number of carbonyl (C=O) groups is 2. The van der Waals surface area contributed by atoms with Crippen molar-refractivity contribution in [2.45, 2.75) is 57.0 Å². The topological polar surface area (TPSA) is 58.2 Å². The van der Waals surface area contributed by atoms with Gasteiger partial charge in [0, 0.05) is 18.0 Å². The molecule has 1 atom stereocenters. The van der Waals surface area contributed by atoms with Crippen molar-refractivity contribution >= 4 is 11.8 Å². The molecular formula is C23H28N2O2. The van der Waals surface area contributed by atoms with Crippen LogP contribution in [0.4, 0.5) is 0 Å². The van der Waals surface area contributed by atoms with E-state index in [9.17, 15) is 9.59 Å². The first-order valence-electron chi connectivity index (χ1n) is 9.92. The lowest BCUT2D eigenvalue weighted by molar-refractivity contribution is -0.123. The lowest BCUT2D eigenvalue weighted by atomic mass is 10.0. The molecule has 2 aromatic carbocycles. The van der Waals surface area contributed by atoms with Crippen LogP contribution in [0.2, 0.25) is 0 Å². The minimum absolute atomic E-state index is 0.0879. The zero-order chi connectivity index (χ0) is 18.9. The Kier molecular flexibility index (Phi) is 7.03. The van der Waals surface area contributed by atoms with Crippen LogP contribution in [0.5, 0.6) is 0 Å². The van der Waals surface area contributed by atoms with E-state index in [1.165, 1.54) is 12.8 Å². The van der Waals surface area contributed by atoms with Gasteiger partial charge in [0.1, 0.15) is 6.04 Å². The monoisotopic (exact) mass is 364 g/mol. The van der Waals surface area contributed by atoms with Crippen molar-refractivity contribution in [1.82, 2.24) is 10.6 Å². The van der Waals surface area contributed by atoms with Crippen molar-refractivity contribution in [2.75, 3.05) is 0 Å². The molecule has 0 heterocycles. The van der Waals surface area contributed by atoms with Gasteiger partial charge in [0.05, 0.1) is 0 Å². The molecule has 0 aromatic heterocycles. The smallest absolute Gasteiger partial charge is 0.251 e. The van der Waals surface area contributed by atoms with Gasteiger partial charge < -0.3 is 10.6 Å². The first-order valence-corrected chi connectivity index (χ1v) is 9.92. The number of carbonyl (C=O) groups excluding carboxylic acids is 2. The van der Waals surface area contributed by atoms with E-state index < -0.39 is 6.04 Å². The van der Waals surface area contributed by atoms with Crippen LogP contribution in [0.25, 0.3) is 0 Å². The molecule has 0 aliphatic heterocycles. The van der Waals surface area contributed by atoms with Gasteiger partial charge in [-0.1, -0.05) is 74.2 Å². The van der Waals surface area contributed by atoms with Crippen LogP contribution < -0.4 is 10.6 Å². The van der Waals surface area contributed by atoms with Gasteiger partial charge in [-0.3, -0.25) is 9.59 Å². The summed E-state index contributed by atoms with van der Waals surface area (Å²) in [6.07, 6.45) is 7.33. The highest BCUT2D eigenvalue weighted by Crippen LogP contribution is 2.17. The van der Waals surface area contributed by atoms with E-state index in [4.69, 9.17) is 0 Å². The van der Waals surface area contributed by atoms with Gasteiger partial charge in [0.15, 0.2) is 0 Å². The predicted molar refractivity (Wildman–Crippen MR) is 107 cm³/mol. The number of hydrogen-bond donors (Lipinski definition) is 2. The first kappa shape index (κ1) is 19.2. The highest BCUT2D eigenvalue weighted by Gasteiger charge is 2.24. The Hall–Kier alpha value is -2.62. The predicted octanol–water partition coefficient (Wildman–Crippen LogP) is 3.87. The van der Waals surface area contributed by atoms with Gasteiger partial charge in [-0.25, -0.2) is 0 Å². The number of nitrogens with one attached hydrogen (secondary N) is 2. The van der Waals surface area contributed by atoms with E-state index in [1.807, 2.05) is 48.5 Å². The second kappa shape index (κ2) is 9.91. The van der Waals surface area contributed by atoms with E-state index in [0.717, 1.165) is 31.2 Å². The molecule has 1 aliphatic carbocycles. The second-order valence-electron chi connectivity index (χ2n) is 7.28. The largest absolute Gasteiger partial charge is 0.352 e. The molecule has 0 radical (unpaired) electrons. The molecule has 1 fully saturated rings. The fraction of sp³-hybridized carbons (Fsp3) is 0.391. The molecule has 2 amide bonds. The average molecular weight is 364 g/mol. The average Bonchev–Trinajstić information content (AvgIpc) is 2.97. The third kappa shape index (κ3) is 5.95. The Labute approximate surface area is 161 Å². The second-order valence-corrected chi connectivity index (χ2v) is 7.28. The van der Waals surface area contributed by atoms with Crippen molar-refractivity contribution in [3.8, 4) is 0 Å². The van der Waals surface area contributed by atoms with E-state index in [-0.39, 0.29) is 17.9 Å². The Balaban J connectivity index is 1.70. The molecular weight excluding hydrogens is 336 g/mol. The minimum atomic E-state index is -0.580. The van der Waals surface area contributed by atoms with Crippen LogP contribution in [0.15, 0.2) is 60.7 Å². The Morgan fingerprint density at radius 3 is 2.07 bits per heavy atom. The van der Waals surface area contributed by atoms with E-state index in [2.05, 4.69) is 10.6 Å². The summed E-state index contributed by atoms with van der Waals surface area (Å²) in [6, 6.07) is 18.5. The zero-order valence-corrected chi connectivity index (χ0v) is 15.7. The van der Waals surface area contributed by atoms with E-state index in [1.54, 1.807) is 12.1 Å². The number of hydrogen-bond acceptors (Lipinski definition) is 2. The van der Waals surface area contributed by atoms with Crippen LogP contribution in [0.3, 0.4) is 0 Å². The molecule has 2 aromatic rings. The van der Waals surface area contributed by atoms with E-state index >= 15 is 0 Å². The maximum Gasteiger partial charge on any atom is 0.251 e. The van der Waals surface area contributed by atoms with Gasteiger partial charge in [0.25, 0.3) is 5.91 Å². The SMILES string of the molecule is O=C(NC(Cc1ccccc1)C(=O)NC1CCCCCC1)c1ccccc1. The van der Waals surface area contributed by atoms with Crippen LogP contribution in [-0.4, -0.2) is 23.9 Å². The van der Waals surface area contributed by atoms with Crippen molar-refractivity contribution in [1.29, 1.82) is 0 Å². The molecule has 0 spiro atoms. The van der Waals surface area contributed by atoms with Gasteiger partial charge in [-0.2, -0.15) is 0 Å². The van der Waals surface area contributed by atoms with Crippen molar-refractivity contribution in [2.24, 2.45) is 0 Å². The Bertz CT molecular complexity index is 723. The van der Waals surface area contributed by atoms with Crippen LogP contribution in [0.1, 0.15) is 54.4 Å². The summed E-state index contributed by atoms with van der Waals surface area (Å²) in [5.74, 6) is -0.303. The van der Waals surface area contributed by atoms with Crippen molar-refractivity contribution in [3.63, 3.8) is 0 Å². The number of amides is 2. The normalized spacial score (nSPS) is 16.1. The molecule has 3 rings (SSSR count). The molecule has 4 nitrogen and oxygen atoms in total. The Morgan fingerprint density at radius 2 is 1.44 bits per heavy atom. The van der Waals surface area contributed by atoms with Gasteiger partial charge in [0.2, 0.25) is 5.91 Å². The van der Waals surface area contributed by atoms with E-state index in [0.29, 0.717) is 12.0 Å². The van der Waals surface area contributed by atoms with Crippen molar-refractivity contribution in [3.05, 3.63) is 71.8 Å². The third-order valence-corrected chi connectivity index (χ3v) is 5.14. The van der Waals surface area contributed by atoms with Crippen molar-refractivity contribution < 1.29 is 9.59 Å². The molecule has 27 heavy (non-hydrogen) atoms. The molecule has 1 saturated carbocycles. The van der Waals surface area contributed by atoms with Gasteiger partial charge >= 0.3 is 0 Å². The number of rotatable bonds is 6. The van der Waals surface area contributed by atoms with Gasteiger partial charge in [-0.15, -0.1) is 0 Å². The number of benzene rings is 2. The molecule has 4 heteroatoms. The Morgan fingerprint density at radius 1 is 0.852 bits per heavy atom. The summed E-state index contributed by atoms with van der Waals surface area (Å²) in [7, 11) is 0. The standard InChI is InChI=1S/C23H28N2O2/c26-22(19-13-7-4-8-14-19)25-21(17-18-11-5-3-6-12-18)23(27)24-20-15-9-1-2-10-16-20/h3-8,11-14,20-21H,1-2,9-10,15-17H2,(H,24,27)(H,25,26). The van der Waals surface area contributed by atoms with Gasteiger partial charge in [-0.05, 0) is 30.5 Å². The molecule has 1 aliphatic rings. The summed E-state index contributed by atoms with van der Waals surface area (Å²) in [5, 5.41) is 6.12. The maximum absolute atomic E-state index is 13.0. The summed E-state index contributed by atoms with van der Waals surface area (Å²) in [5.41, 5.74) is 1.60. The molecule has 1 unspecified atom stereocenters.